The number of rotatable bonds is 5. The number of hydrogen-bond acceptors (Lipinski definition) is 4. The van der Waals surface area contributed by atoms with Crippen molar-refractivity contribution >= 4 is 16.9 Å². The number of amidine groups is 1. The highest BCUT2D eigenvalue weighted by Gasteiger charge is 2.17. The van der Waals surface area contributed by atoms with Gasteiger partial charge in [0.2, 0.25) is 0 Å². The molecular weight excluding hydrogens is 304 g/mol. The van der Waals surface area contributed by atoms with E-state index < -0.39 is 0 Å². The zero-order valence-electron chi connectivity index (χ0n) is 13.4. The highest BCUT2D eigenvalue weighted by molar-refractivity contribution is 8.13. The van der Waals surface area contributed by atoms with Gasteiger partial charge in [0, 0.05) is 31.0 Å². The summed E-state index contributed by atoms with van der Waals surface area (Å²) in [4.78, 5) is 7.10. The lowest BCUT2D eigenvalue weighted by Crippen LogP contribution is -2.30. The Bertz CT molecular complexity index is 657. The molecule has 0 aliphatic carbocycles. The molecule has 1 aliphatic rings. The van der Waals surface area contributed by atoms with Crippen LogP contribution in [0.1, 0.15) is 17.5 Å². The number of methoxy groups -OCH3 is 1. The molecule has 1 heterocycles. The van der Waals surface area contributed by atoms with Crippen molar-refractivity contribution < 1.29 is 4.74 Å². The monoisotopic (exact) mass is 326 g/mol. The zero-order chi connectivity index (χ0) is 15.9. The van der Waals surface area contributed by atoms with Crippen molar-refractivity contribution in [2.45, 2.75) is 19.5 Å². The molecule has 4 heteroatoms. The maximum absolute atomic E-state index is 5.51. The van der Waals surface area contributed by atoms with Crippen molar-refractivity contribution in [2.24, 2.45) is 4.99 Å². The molecule has 0 bridgehead atoms. The van der Waals surface area contributed by atoms with Crippen molar-refractivity contribution in [2.75, 3.05) is 19.4 Å². The molecule has 120 valence electrons. The van der Waals surface area contributed by atoms with Gasteiger partial charge >= 0.3 is 0 Å². The van der Waals surface area contributed by atoms with Crippen molar-refractivity contribution in [1.82, 2.24) is 4.90 Å². The van der Waals surface area contributed by atoms with E-state index >= 15 is 0 Å². The molecule has 0 N–H and O–H groups in total. The second-order valence-corrected chi connectivity index (χ2v) is 6.58. The number of thioether (sulfide) groups is 1. The lowest BCUT2D eigenvalue weighted by molar-refractivity contribution is 0.378. The van der Waals surface area contributed by atoms with Crippen LogP contribution >= 0.6 is 11.8 Å². The van der Waals surface area contributed by atoms with Gasteiger partial charge in [-0.2, -0.15) is 0 Å². The van der Waals surface area contributed by atoms with Crippen molar-refractivity contribution in [3.8, 4) is 5.75 Å². The van der Waals surface area contributed by atoms with Crippen LogP contribution in [0.5, 0.6) is 5.75 Å². The van der Waals surface area contributed by atoms with Crippen LogP contribution in [0.2, 0.25) is 0 Å². The maximum Gasteiger partial charge on any atom is 0.159 e. The Morgan fingerprint density at radius 2 is 1.83 bits per heavy atom. The van der Waals surface area contributed by atoms with Crippen LogP contribution in [0, 0.1) is 0 Å². The van der Waals surface area contributed by atoms with Crippen LogP contribution in [-0.4, -0.2) is 29.5 Å². The zero-order valence-corrected chi connectivity index (χ0v) is 14.3. The van der Waals surface area contributed by atoms with Gasteiger partial charge in [0.05, 0.1) is 7.11 Å². The van der Waals surface area contributed by atoms with E-state index in [1.807, 2.05) is 23.9 Å². The van der Waals surface area contributed by atoms with Gasteiger partial charge in [0.25, 0.3) is 0 Å². The molecule has 2 aromatic carbocycles. The molecule has 3 rings (SSSR count). The van der Waals surface area contributed by atoms with Gasteiger partial charge < -0.3 is 9.64 Å². The predicted octanol–water partition coefficient (Wildman–Crippen LogP) is 4.19. The second kappa shape index (κ2) is 8.06. The molecule has 0 atom stereocenters. The summed E-state index contributed by atoms with van der Waals surface area (Å²) < 4.78 is 5.51. The molecule has 0 radical (unpaired) electrons. The van der Waals surface area contributed by atoms with Gasteiger partial charge in [0.15, 0.2) is 5.17 Å². The molecule has 0 fully saturated rings. The van der Waals surface area contributed by atoms with Crippen molar-refractivity contribution in [3.63, 3.8) is 0 Å². The molecule has 0 amide bonds. The minimum atomic E-state index is 0.810. The van der Waals surface area contributed by atoms with Gasteiger partial charge in [-0.15, -0.1) is 0 Å². The first-order valence-electron chi connectivity index (χ1n) is 7.95. The lowest BCUT2D eigenvalue weighted by atomic mass is 10.1. The van der Waals surface area contributed by atoms with Crippen LogP contribution < -0.4 is 4.74 Å². The third-order valence-corrected chi connectivity index (χ3v) is 4.96. The summed E-state index contributed by atoms with van der Waals surface area (Å²) in [5.41, 5.74) is 2.50. The normalized spacial score (nSPS) is 14.2. The summed E-state index contributed by atoms with van der Waals surface area (Å²) in [5.74, 6) is 2.09. The van der Waals surface area contributed by atoms with Gasteiger partial charge in [-0.05, 0) is 18.1 Å². The first-order valence-corrected chi connectivity index (χ1v) is 8.93. The Morgan fingerprint density at radius 3 is 2.57 bits per heavy atom. The van der Waals surface area contributed by atoms with E-state index in [1.54, 1.807) is 7.11 Å². The first-order chi connectivity index (χ1) is 11.4. The summed E-state index contributed by atoms with van der Waals surface area (Å²) in [6, 6.07) is 18.8. The first kappa shape index (κ1) is 15.9. The second-order valence-electron chi connectivity index (χ2n) is 5.52. The van der Waals surface area contributed by atoms with Gasteiger partial charge in [0.1, 0.15) is 5.75 Å². The standard InChI is InChI=1S/C19H22N2OS/c1-22-18-11-6-5-10-17(18)15-21(19-20-12-7-13-23-19)14-16-8-3-2-4-9-16/h2-6,8-11H,7,12-15H2,1H3. The quantitative estimate of drug-likeness (QED) is 0.823. The number of aliphatic imine (C=N–C) groups is 1. The number of hydrogen-bond donors (Lipinski definition) is 0. The molecule has 2 aromatic rings. The molecule has 1 aliphatic heterocycles. The summed E-state index contributed by atoms with van der Waals surface area (Å²) in [6.45, 7) is 2.61. The Labute approximate surface area is 142 Å². The fourth-order valence-corrected chi connectivity index (χ4v) is 3.62. The van der Waals surface area contributed by atoms with Crippen LogP contribution in [-0.2, 0) is 13.1 Å². The Hall–Kier alpha value is -1.94. The molecular formula is C19H22N2OS. The highest BCUT2D eigenvalue weighted by atomic mass is 32.2. The Kier molecular flexibility index (Phi) is 5.59. The molecule has 0 saturated carbocycles. The minimum Gasteiger partial charge on any atom is -0.496 e. The number of nitrogens with zero attached hydrogens (tertiary/aromatic N) is 2. The smallest absolute Gasteiger partial charge is 0.159 e. The number of benzene rings is 2. The summed E-state index contributed by atoms with van der Waals surface area (Å²) >= 11 is 1.86. The fourth-order valence-electron chi connectivity index (χ4n) is 2.67. The van der Waals surface area contributed by atoms with Crippen LogP contribution in [0.3, 0.4) is 0 Å². The average molecular weight is 326 g/mol. The van der Waals surface area contributed by atoms with E-state index in [-0.39, 0.29) is 0 Å². The fraction of sp³-hybridized carbons (Fsp3) is 0.316. The number of para-hydroxylation sites is 1. The highest BCUT2D eigenvalue weighted by Crippen LogP contribution is 2.24. The van der Waals surface area contributed by atoms with E-state index in [2.05, 4.69) is 47.4 Å². The van der Waals surface area contributed by atoms with E-state index in [4.69, 9.17) is 9.73 Å². The third kappa shape index (κ3) is 4.29. The van der Waals surface area contributed by atoms with Gasteiger partial charge in [-0.25, -0.2) is 0 Å². The summed E-state index contributed by atoms with van der Waals surface area (Å²) in [6.07, 6.45) is 1.17. The average Bonchev–Trinajstić information content (AvgIpc) is 2.63. The lowest BCUT2D eigenvalue weighted by Gasteiger charge is -2.28. The third-order valence-electron chi connectivity index (χ3n) is 3.82. The maximum atomic E-state index is 5.51. The topological polar surface area (TPSA) is 24.8 Å². The van der Waals surface area contributed by atoms with Crippen molar-refractivity contribution in [1.29, 1.82) is 0 Å². The van der Waals surface area contributed by atoms with Crippen molar-refractivity contribution in [3.05, 3.63) is 65.7 Å². The number of ether oxygens (including phenoxy) is 1. The van der Waals surface area contributed by atoms with Crippen LogP contribution in [0.15, 0.2) is 59.6 Å². The summed E-state index contributed by atoms with van der Waals surface area (Å²) in [5, 5.41) is 1.14. The van der Waals surface area contributed by atoms with E-state index in [0.717, 1.165) is 36.3 Å². The summed E-state index contributed by atoms with van der Waals surface area (Å²) in [7, 11) is 1.73. The molecule has 0 aromatic heterocycles. The predicted molar refractivity (Wildman–Crippen MR) is 98.1 cm³/mol. The minimum absolute atomic E-state index is 0.810. The van der Waals surface area contributed by atoms with Gasteiger partial charge in [-0.3, -0.25) is 4.99 Å². The van der Waals surface area contributed by atoms with E-state index in [1.165, 1.54) is 17.5 Å². The molecule has 0 saturated heterocycles. The molecule has 3 nitrogen and oxygen atoms in total. The Morgan fingerprint density at radius 1 is 1.04 bits per heavy atom. The Balaban J connectivity index is 1.84. The van der Waals surface area contributed by atoms with E-state index in [0.29, 0.717) is 0 Å². The van der Waals surface area contributed by atoms with Crippen LogP contribution in [0.4, 0.5) is 0 Å². The molecule has 0 unspecified atom stereocenters. The van der Waals surface area contributed by atoms with E-state index in [9.17, 15) is 0 Å². The van der Waals surface area contributed by atoms with Gasteiger partial charge in [-0.1, -0.05) is 60.3 Å². The van der Waals surface area contributed by atoms with Crippen LogP contribution in [0.25, 0.3) is 0 Å². The molecule has 23 heavy (non-hydrogen) atoms. The SMILES string of the molecule is COc1ccccc1CN(Cc1ccccc1)C1=NCCCS1. The largest absolute Gasteiger partial charge is 0.496 e. The molecule has 0 spiro atoms.